The maximum Gasteiger partial charge on any atom is 0.140 e. The first-order valence-corrected chi connectivity index (χ1v) is 3.99. The van der Waals surface area contributed by atoms with Crippen molar-refractivity contribution in [3.8, 4) is 0 Å². The van der Waals surface area contributed by atoms with E-state index in [0.29, 0.717) is 0 Å². The normalized spacial score (nSPS) is 16.5. The molecule has 0 aromatic carbocycles. The predicted molar refractivity (Wildman–Crippen MR) is 39.1 cm³/mol. The molecule has 0 saturated carbocycles. The lowest BCUT2D eigenvalue weighted by Crippen LogP contribution is -2.01. The summed E-state index contributed by atoms with van der Waals surface area (Å²) in [4.78, 5) is 0. The Hall–Kier alpha value is -0.830. The minimum Gasteiger partial charge on any atom is -0.390 e. The van der Waals surface area contributed by atoms with Gasteiger partial charge in [0.15, 0.2) is 0 Å². The summed E-state index contributed by atoms with van der Waals surface area (Å²) in [6, 6.07) is 0. The van der Waals surface area contributed by atoms with Crippen molar-refractivity contribution in [2.24, 2.45) is 0 Å². The van der Waals surface area contributed by atoms with Crippen molar-refractivity contribution in [1.29, 1.82) is 0 Å². The summed E-state index contributed by atoms with van der Waals surface area (Å²) in [5, 5.41) is 12.7. The third-order valence-corrected chi connectivity index (χ3v) is 2.18. The number of fused-ring (bicyclic) bond motifs is 1. The second-order valence-corrected chi connectivity index (χ2v) is 2.90. The maximum absolute atomic E-state index is 8.86. The number of hydrogen-bond donors (Lipinski definition) is 1. The Kier molecular flexibility index (Phi) is 1.66. The number of nitrogens with zero attached hydrogens (tertiary/aromatic N) is 1. The number of hydrogen-bond acceptors (Lipinski definition) is 3. The van der Waals surface area contributed by atoms with Crippen LogP contribution in [0.3, 0.4) is 0 Å². The van der Waals surface area contributed by atoms with Gasteiger partial charge in [0.1, 0.15) is 11.5 Å². The van der Waals surface area contributed by atoms with Crippen LogP contribution in [0, 0.1) is 0 Å². The Morgan fingerprint density at radius 1 is 1.36 bits per heavy atom. The van der Waals surface area contributed by atoms with Crippen LogP contribution in [0.1, 0.15) is 29.9 Å². The van der Waals surface area contributed by atoms with Crippen molar-refractivity contribution in [3.05, 3.63) is 17.0 Å². The molecule has 1 aliphatic carbocycles. The fraction of sp³-hybridized carbons (Fsp3) is 0.625. The van der Waals surface area contributed by atoms with E-state index >= 15 is 0 Å². The van der Waals surface area contributed by atoms with E-state index in [9.17, 15) is 0 Å². The maximum atomic E-state index is 8.86. The van der Waals surface area contributed by atoms with Gasteiger partial charge < -0.3 is 9.63 Å². The molecule has 1 aliphatic rings. The Bertz CT molecular complexity index is 241. The standard InChI is InChI=1S/C8H11NO2/c10-5-7-6-3-1-2-4-8(6)11-9-7/h10H,1-5H2. The highest BCUT2D eigenvalue weighted by molar-refractivity contribution is 5.24. The van der Waals surface area contributed by atoms with Gasteiger partial charge in [0.05, 0.1) is 6.61 Å². The molecule has 11 heavy (non-hydrogen) atoms. The fourth-order valence-corrected chi connectivity index (χ4v) is 1.57. The van der Waals surface area contributed by atoms with E-state index < -0.39 is 0 Å². The van der Waals surface area contributed by atoms with Gasteiger partial charge in [0.2, 0.25) is 0 Å². The van der Waals surface area contributed by atoms with Gasteiger partial charge in [0, 0.05) is 12.0 Å². The lowest BCUT2D eigenvalue weighted by molar-refractivity contribution is 0.265. The van der Waals surface area contributed by atoms with Crippen molar-refractivity contribution < 1.29 is 9.63 Å². The molecular formula is C8H11NO2. The topological polar surface area (TPSA) is 46.3 Å². The van der Waals surface area contributed by atoms with Crippen LogP contribution < -0.4 is 0 Å². The van der Waals surface area contributed by atoms with Crippen LogP contribution in [-0.4, -0.2) is 10.3 Å². The van der Waals surface area contributed by atoms with Crippen LogP contribution in [0.5, 0.6) is 0 Å². The second kappa shape index (κ2) is 2.66. The molecule has 0 atom stereocenters. The SMILES string of the molecule is OCc1noc2c1CCCC2. The molecule has 3 heteroatoms. The van der Waals surface area contributed by atoms with Crippen LogP contribution in [0.25, 0.3) is 0 Å². The van der Waals surface area contributed by atoms with Crippen LogP contribution in [0.2, 0.25) is 0 Å². The van der Waals surface area contributed by atoms with Crippen molar-refractivity contribution in [2.45, 2.75) is 32.3 Å². The smallest absolute Gasteiger partial charge is 0.140 e. The molecule has 60 valence electrons. The highest BCUT2D eigenvalue weighted by atomic mass is 16.5. The molecule has 1 heterocycles. The molecule has 1 aromatic heterocycles. The lowest BCUT2D eigenvalue weighted by Gasteiger charge is -2.07. The van der Waals surface area contributed by atoms with Gasteiger partial charge in [0.25, 0.3) is 0 Å². The van der Waals surface area contributed by atoms with Crippen molar-refractivity contribution in [3.63, 3.8) is 0 Å². The first-order valence-electron chi connectivity index (χ1n) is 3.99. The molecule has 2 rings (SSSR count). The highest BCUT2D eigenvalue weighted by Gasteiger charge is 2.17. The molecule has 0 radical (unpaired) electrons. The molecule has 0 aliphatic heterocycles. The summed E-state index contributed by atoms with van der Waals surface area (Å²) in [5.74, 6) is 0.986. The van der Waals surface area contributed by atoms with Crippen molar-refractivity contribution in [1.82, 2.24) is 5.16 Å². The average Bonchev–Trinajstić information content (AvgIpc) is 2.47. The Morgan fingerprint density at radius 2 is 2.18 bits per heavy atom. The zero-order valence-corrected chi connectivity index (χ0v) is 6.34. The minimum absolute atomic E-state index is 0.0127. The van der Waals surface area contributed by atoms with Gasteiger partial charge in [-0.05, 0) is 19.3 Å². The molecule has 3 nitrogen and oxygen atoms in total. The largest absolute Gasteiger partial charge is 0.390 e. The minimum atomic E-state index is 0.0127. The van der Waals surface area contributed by atoms with Crippen LogP contribution in [-0.2, 0) is 19.4 Å². The first-order chi connectivity index (χ1) is 5.42. The van der Waals surface area contributed by atoms with Gasteiger partial charge in [-0.15, -0.1) is 0 Å². The zero-order valence-electron chi connectivity index (χ0n) is 6.34. The lowest BCUT2D eigenvalue weighted by atomic mass is 9.97. The summed E-state index contributed by atoms with van der Waals surface area (Å²) in [7, 11) is 0. The number of rotatable bonds is 1. The summed E-state index contributed by atoms with van der Waals surface area (Å²) in [6.07, 6.45) is 4.39. The molecule has 0 saturated heterocycles. The Balaban J connectivity index is 2.38. The van der Waals surface area contributed by atoms with E-state index in [0.717, 1.165) is 29.9 Å². The van der Waals surface area contributed by atoms with Crippen molar-refractivity contribution in [2.75, 3.05) is 0 Å². The number of aliphatic hydroxyl groups is 1. The van der Waals surface area contributed by atoms with E-state index in [1.807, 2.05) is 0 Å². The predicted octanol–water partition coefficient (Wildman–Crippen LogP) is 1.05. The molecule has 1 aromatic rings. The van der Waals surface area contributed by atoms with Gasteiger partial charge in [-0.25, -0.2) is 0 Å². The van der Waals surface area contributed by atoms with Crippen LogP contribution >= 0.6 is 0 Å². The fourth-order valence-electron chi connectivity index (χ4n) is 1.57. The molecule has 0 fully saturated rings. The van der Waals surface area contributed by atoms with Gasteiger partial charge >= 0.3 is 0 Å². The van der Waals surface area contributed by atoms with Gasteiger partial charge in [-0.2, -0.15) is 0 Å². The van der Waals surface area contributed by atoms with Crippen LogP contribution in [0.15, 0.2) is 4.52 Å². The average molecular weight is 153 g/mol. The molecule has 0 spiro atoms. The number of aromatic nitrogens is 1. The monoisotopic (exact) mass is 153 g/mol. The van der Waals surface area contributed by atoms with E-state index in [-0.39, 0.29) is 6.61 Å². The Labute approximate surface area is 65.0 Å². The second-order valence-electron chi connectivity index (χ2n) is 2.90. The van der Waals surface area contributed by atoms with Crippen molar-refractivity contribution >= 4 is 0 Å². The molecule has 0 unspecified atom stereocenters. The van der Waals surface area contributed by atoms with E-state index in [1.165, 1.54) is 12.8 Å². The Morgan fingerprint density at radius 3 is 3.00 bits per heavy atom. The summed E-state index contributed by atoms with van der Waals surface area (Å²) in [5.41, 5.74) is 1.89. The summed E-state index contributed by atoms with van der Waals surface area (Å²) < 4.78 is 5.07. The highest BCUT2D eigenvalue weighted by Crippen LogP contribution is 2.23. The molecule has 1 N–H and O–H groups in total. The molecule has 0 amide bonds. The summed E-state index contributed by atoms with van der Waals surface area (Å²) in [6.45, 7) is 0.0127. The van der Waals surface area contributed by atoms with Gasteiger partial charge in [-0.1, -0.05) is 5.16 Å². The molecular weight excluding hydrogens is 142 g/mol. The third kappa shape index (κ3) is 1.05. The first kappa shape index (κ1) is 6.85. The number of aryl methyl sites for hydroxylation is 1. The van der Waals surface area contributed by atoms with E-state index in [2.05, 4.69) is 5.16 Å². The summed E-state index contributed by atoms with van der Waals surface area (Å²) >= 11 is 0. The van der Waals surface area contributed by atoms with E-state index in [4.69, 9.17) is 9.63 Å². The number of aliphatic hydroxyl groups excluding tert-OH is 1. The third-order valence-electron chi connectivity index (χ3n) is 2.18. The van der Waals surface area contributed by atoms with E-state index in [1.54, 1.807) is 0 Å². The quantitative estimate of drug-likeness (QED) is 0.655. The van der Waals surface area contributed by atoms with Crippen LogP contribution in [0.4, 0.5) is 0 Å². The van der Waals surface area contributed by atoms with Gasteiger partial charge in [-0.3, -0.25) is 0 Å². The zero-order chi connectivity index (χ0) is 7.68. The molecule has 0 bridgehead atoms.